The minimum Gasteiger partial charge on any atom is -0.486 e. The Balaban J connectivity index is 2.17. The molecular weight excluding hydrogens is 366 g/mol. The maximum absolute atomic E-state index is 12.5. The van der Waals surface area contributed by atoms with Gasteiger partial charge in [-0.15, -0.1) is 11.3 Å². The number of aromatic nitrogens is 2. The Kier molecular flexibility index (Phi) is 5.18. The fourth-order valence-corrected chi connectivity index (χ4v) is 3.51. The van der Waals surface area contributed by atoms with Gasteiger partial charge in [-0.3, -0.25) is 4.79 Å². The Morgan fingerprint density at radius 3 is 2.70 bits per heavy atom. The van der Waals surface area contributed by atoms with Crippen LogP contribution in [0.5, 0.6) is 5.75 Å². The molecule has 0 atom stereocenters. The Labute approximate surface area is 160 Å². The molecule has 3 aromatic heterocycles. The Hall–Kier alpha value is -2.87. The number of carboxylic acid groups (broad SMARTS) is 1. The van der Waals surface area contributed by atoms with E-state index in [1.165, 1.54) is 11.3 Å². The van der Waals surface area contributed by atoms with Gasteiger partial charge in [-0.25, -0.2) is 9.78 Å². The average molecular weight is 387 g/mol. The number of rotatable bonds is 6. The van der Waals surface area contributed by atoms with Crippen LogP contribution in [-0.2, 0) is 13.5 Å². The van der Waals surface area contributed by atoms with Crippen LogP contribution in [0, 0.1) is 0 Å². The van der Waals surface area contributed by atoms with E-state index in [2.05, 4.69) is 10.3 Å². The zero-order valence-electron chi connectivity index (χ0n) is 15.6. The van der Waals surface area contributed by atoms with Crippen molar-refractivity contribution in [1.29, 1.82) is 0 Å². The number of nitrogens with one attached hydrogen (secondary N) is 1. The van der Waals surface area contributed by atoms with E-state index in [1.54, 1.807) is 17.7 Å². The molecule has 2 N–H and O–H groups in total. The third-order valence-corrected chi connectivity index (χ3v) is 4.99. The topological polar surface area (TPSA) is 93.4 Å². The van der Waals surface area contributed by atoms with Crippen molar-refractivity contribution >= 4 is 40.1 Å². The molecule has 0 bridgehead atoms. The summed E-state index contributed by atoms with van der Waals surface area (Å²) < 4.78 is 7.33. The van der Waals surface area contributed by atoms with E-state index in [0.717, 1.165) is 5.56 Å². The van der Waals surface area contributed by atoms with E-state index in [-0.39, 0.29) is 23.5 Å². The first-order valence-corrected chi connectivity index (χ1v) is 9.48. The number of amides is 1. The van der Waals surface area contributed by atoms with Gasteiger partial charge in [0, 0.05) is 7.05 Å². The quantitative estimate of drug-likeness (QED) is 0.668. The number of hydrogen-bond acceptors (Lipinski definition) is 5. The van der Waals surface area contributed by atoms with Crippen LogP contribution in [0.15, 0.2) is 23.6 Å². The highest BCUT2D eigenvalue weighted by Crippen LogP contribution is 2.35. The summed E-state index contributed by atoms with van der Waals surface area (Å²) in [6, 6.07) is 5.40. The van der Waals surface area contributed by atoms with Gasteiger partial charge in [0.15, 0.2) is 11.4 Å². The molecule has 0 saturated heterocycles. The first-order chi connectivity index (χ1) is 12.8. The van der Waals surface area contributed by atoms with E-state index in [4.69, 9.17) is 4.74 Å². The van der Waals surface area contributed by atoms with Crippen LogP contribution >= 0.6 is 11.3 Å². The molecule has 0 aliphatic heterocycles. The number of carbonyl (C=O) groups excluding carboxylic acids is 1. The van der Waals surface area contributed by atoms with Crippen LogP contribution in [0.2, 0.25) is 0 Å². The second-order valence-electron chi connectivity index (χ2n) is 6.36. The number of fused-ring (bicyclic) bond motifs is 1. The van der Waals surface area contributed by atoms with Gasteiger partial charge in [0.1, 0.15) is 11.3 Å². The van der Waals surface area contributed by atoms with Gasteiger partial charge in [0.2, 0.25) is 0 Å². The second-order valence-corrected chi connectivity index (χ2v) is 7.31. The fourth-order valence-electron chi connectivity index (χ4n) is 2.89. The first kappa shape index (κ1) is 18.9. The average Bonchev–Trinajstić information content (AvgIpc) is 3.22. The van der Waals surface area contributed by atoms with Gasteiger partial charge in [0.25, 0.3) is 5.91 Å². The molecule has 27 heavy (non-hydrogen) atoms. The summed E-state index contributed by atoms with van der Waals surface area (Å²) in [6.07, 6.45) is 0.419. The monoisotopic (exact) mass is 387 g/mol. The standard InChI is InChI=1S/C19H21N3O4S/c1-5-11-9-12-14(16(26-10(2)3)15(19(24)25)22(12)4)20-17(11)21-18(23)13-7-6-8-27-13/h6-10H,5H2,1-4H3,(H,24,25)(H,20,21,23). The lowest BCUT2D eigenvalue weighted by Gasteiger charge is -2.11. The Morgan fingerprint density at radius 2 is 2.15 bits per heavy atom. The molecule has 0 saturated carbocycles. The number of nitrogens with zero attached hydrogens (tertiary/aromatic N) is 2. The van der Waals surface area contributed by atoms with E-state index in [9.17, 15) is 14.7 Å². The summed E-state index contributed by atoms with van der Waals surface area (Å²) in [5.74, 6) is -0.704. The predicted octanol–water partition coefficient (Wildman–Crippen LogP) is 3.93. The predicted molar refractivity (Wildman–Crippen MR) is 105 cm³/mol. The van der Waals surface area contributed by atoms with Crippen molar-refractivity contribution in [2.45, 2.75) is 33.3 Å². The summed E-state index contributed by atoms with van der Waals surface area (Å²) in [5, 5.41) is 14.3. The number of thiophene rings is 1. The highest BCUT2D eigenvalue weighted by Gasteiger charge is 2.25. The van der Waals surface area contributed by atoms with Gasteiger partial charge >= 0.3 is 5.97 Å². The summed E-state index contributed by atoms with van der Waals surface area (Å²) in [5.41, 5.74) is 1.92. The number of aromatic carboxylic acids is 1. The largest absolute Gasteiger partial charge is 0.486 e. The molecule has 3 aromatic rings. The maximum atomic E-state index is 12.5. The molecule has 1 amide bonds. The number of hydrogen-bond donors (Lipinski definition) is 2. The molecule has 3 heterocycles. The SMILES string of the molecule is CCc1cc2c(nc1NC(=O)c1cccs1)c(OC(C)C)c(C(=O)O)n2C. The minimum atomic E-state index is -1.09. The van der Waals surface area contributed by atoms with E-state index >= 15 is 0 Å². The number of pyridine rings is 1. The Bertz CT molecular complexity index is 1010. The van der Waals surface area contributed by atoms with Crippen LogP contribution in [0.1, 0.15) is 46.5 Å². The molecule has 0 aliphatic rings. The van der Waals surface area contributed by atoms with Gasteiger partial charge < -0.3 is 19.7 Å². The molecule has 8 heteroatoms. The number of carbonyl (C=O) groups is 2. The molecule has 3 rings (SSSR count). The van der Waals surface area contributed by atoms with E-state index < -0.39 is 5.97 Å². The molecule has 0 aromatic carbocycles. The molecule has 0 radical (unpaired) electrons. The van der Waals surface area contributed by atoms with Crippen molar-refractivity contribution in [3.8, 4) is 5.75 Å². The third-order valence-electron chi connectivity index (χ3n) is 4.12. The first-order valence-electron chi connectivity index (χ1n) is 8.60. The van der Waals surface area contributed by atoms with Crippen LogP contribution in [0.25, 0.3) is 11.0 Å². The number of ether oxygens (including phenoxy) is 1. The Morgan fingerprint density at radius 1 is 1.41 bits per heavy atom. The fraction of sp³-hybridized carbons (Fsp3) is 0.316. The smallest absolute Gasteiger partial charge is 0.356 e. The van der Waals surface area contributed by atoms with Crippen molar-refractivity contribution in [2.24, 2.45) is 7.05 Å². The van der Waals surface area contributed by atoms with Gasteiger partial charge in [0.05, 0.1) is 16.5 Å². The van der Waals surface area contributed by atoms with Crippen molar-refractivity contribution in [3.05, 3.63) is 39.7 Å². The molecule has 142 valence electrons. The normalized spacial score (nSPS) is 11.1. The number of aryl methyl sites for hydroxylation is 2. The summed E-state index contributed by atoms with van der Waals surface area (Å²) in [7, 11) is 1.67. The van der Waals surface area contributed by atoms with Crippen molar-refractivity contribution < 1.29 is 19.4 Å². The minimum absolute atomic E-state index is 0.0370. The van der Waals surface area contributed by atoms with Crippen molar-refractivity contribution in [1.82, 2.24) is 9.55 Å². The van der Waals surface area contributed by atoms with Gasteiger partial charge in [-0.2, -0.15) is 0 Å². The second kappa shape index (κ2) is 7.40. The lowest BCUT2D eigenvalue weighted by molar-refractivity contribution is 0.0680. The lowest BCUT2D eigenvalue weighted by Crippen LogP contribution is -2.13. The molecular formula is C19H21N3O4S. The molecule has 0 fully saturated rings. The number of anilines is 1. The summed E-state index contributed by atoms with van der Waals surface area (Å²) >= 11 is 1.34. The molecule has 0 aliphatic carbocycles. The van der Waals surface area contributed by atoms with Gasteiger partial charge in [-0.05, 0) is 43.3 Å². The molecule has 0 unspecified atom stereocenters. The molecule has 0 spiro atoms. The van der Waals surface area contributed by atoms with Gasteiger partial charge in [-0.1, -0.05) is 13.0 Å². The van der Waals surface area contributed by atoms with Crippen LogP contribution < -0.4 is 10.1 Å². The highest BCUT2D eigenvalue weighted by molar-refractivity contribution is 7.12. The van der Waals surface area contributed by atoms with Crippen LogP contribution in [0.3, 0.4) is 0 Å². The lowest BCUT2D eigenvalue weighted by atomic mass is 10.2. The zero-order chi connectivity index (χ0) is 19.7. The van der Waals surface area contributed by atoms with Crippen LogP contribution in [0.4, 0.5) is 5.82 Å². The maximum Gasteiger partial charge on any atom is 0.356 e. The number of carboxylic acids is 1. The van der Waals surface area contributed by atoms with E-state index in [0.29, 0.717) is 28.1 Å². The zero-order valence-corrected chi connectivity index (χ0v) is 16.4. The van der Waals surface area contributed by atoms with Crippen molar-refractivity contribution in [3.63, 3.8) is 0 Å². The summed E-state index contributed by atoms with van der Waals surface area (Å²) in [4.78, 5) is 29.4. The van der Waals surface area contributed by atoms with E-state index in [1.807, 2.05) is 38.3 Å². The summed E-state index contributed by atoms with van der Waals surface area (Å²) in [6.45, 7) is 5.60. The third kappa shape index (κ3) is 3.52. The highest BCUT2D eigenvalue weighted by atomic mass is 32.1. The van der Waals surface area contributed by atoms with Crippen LogP contribution in [-0.4, -0.2) is 32.6 Å². The van der Waals surface area contributed by atoms with Crippen molar-refractivity contribution in [2.75, 3.05) is 5.32 Å². The molecule has 7 nitrogen and oxygen atoms in total.